The van der Waals surface area contributed by atoms with Gasteiger partial charge in [-0.2, -0.15) is 0 Å². The van der Waals surface area contributed by atoms with Crippen LogP contribution in [0.15, 0.2) is 61.2 Å². The molecule has 0 bridgehead atoms. The molecule has 0 aromatic heterocycles. The highest BCUT2D eigenvalue weighted by molar-refractivity contribution is 7.80. The zero-order valence-electron chi connectivity index (χ0n) is 14.2. The van der Waals surface area contributed by atoms with Crippen LogP contribution in [-0.2, 0) is 0 Å². The minimum atomic E-state index is 0.196. The molecule has 0 heterocycles. The van der Waals surface area contributed by atoms with Crippen LogP contribution >= 0.6 is 12.2 Å². The Morgan fingerprint density at radius 1 is 1.21 bits per heavy atom. The third-order valence-corrected chi connectivity index (χ3v) is 3.98. The van der Waals surface area contributed by atoms with E-state index < -0.39 is 0 Å². The maximum absolute atomic E-state index is 5.47. The summed E-state index contributed by atoms with van der Waals surface area (Å²) in [5.41, 5.74) is 3.47. The van der Waals surface area contributed by atoms with Gasteiger partial charge in [-0.15, -0.1) is 0 Å². The second-order valence-electron chi connectivity index (χ2n) is 5.54. The summed E-state index contributed by atoms with van der Waals surface area (Å²) < 4.78 is 5.47. The molecule has 0 saturated carbocycles. The van der Waals surface area contributed by atoms with Crippen molar-refractivity contribution >= 4 is 23.0 Å². The molecule has 0 aliphatic carbocycles. The number of anilines is 1. The fourth-order valence-corrected chi connectivity index (χ4v) is 2.75. The summed E-state index contributed by atoms with van der Waals surface area (Å²) in [5, 5.41) is 7.24. The fourth-order valence-electron chi connectivity index (χ4n) is 2.49. The van der Waals surface area contributed by atoms with Crippen LogP contribution in [0.1, 0.15) is 30.5 Å². The van der Waals surface area contributed by atoms with Crippen LogP contribution in [0.3, 0.4) is 0 Å². The molecule has 0 fully saturated rings. The molecule has 24 heavy (non-hydrogen) atoms. The van der Waals surface area contributed by atoms with E-state index in [4.69, 9.17) is 17.0 Å². The van der Waals surface area contributed by atoms with Gasteiger partial charge >= 0.3 is 0 Å². The Labute approximate surface area is 149 Å². The van der Waals surface area contributed by atoms with E-state index in [9.17, 15) is 0 Å². The highest BCUT2D eigenvalue weighted by atomic mass is 32.1. The average molecular weight is 340 g/mol. The summed E-state index contributed by atoms with van der Waals surface area (Å²) >= 11 is 5.46. The molecule has 0 spiro atoms. The lowest BCUT2D eigenvalue weighted by Crippen LogP contribution is -2.32. The molecule has 126 valence electrons. The van der Waals surface area contributed by atoms with Gasteiger partial charge < -0.3 is 15.4 Å². The highest BCUT2D eigenvalue weighted by Gasteiger charge is 2.12. The van der Waals surface area contributed by atoms with Crippen molar-refractivity contribution in [1.82, 2.24) is 5.32 Å². The number of ether oxygens (including phenoxy) is 1. The van der Waals surface area contributed by atoms with E-state index in [2.05, 4.69) is 55.3 Å². The lowest BCUT2D eigenvalue weighted by Gasteiger charge is -2.21. The van der Waals surface area contributed by atoms with Crippen LogP contribution in [0, 0.1) is 6.92 Å². The van der Waals surface area contributed by atoms with Gasteiger partial charge in [0.05, 0.1) is 6.04 Å². The first kappa shape index (κ1) is 18.0. The maximum Gasteiger partial charge on any atom is 0.171 e. The van der Waals surface area contributed by atoms with Gasteiger partial charge in [0.2, 0.25) is 0 Å². The van der Waals surface area contributed by atoms with Crippen LogP contribution in [0.2, 0.25) is 0 Å². The topological polar surface area (TPSA) is 33.3 Å². The van der Waals surface area contributed by atoms with Crippen molar-refractivity contribution < 1.29 is 4.74 Å². The summed E-state index contributed by atoms with van der Waals surface area (Å²) in [4.78, 5) is 0. The smallest absolute Gasteiger partial charge is 0.171 e. The molecule has 2 N–H and O–H groups in total. The first-order chi connectivity index (χ1) is 11.6. The lowest BCUT2D eigenvalue weighted by molar-refractivity contribution is 0.363. The highest BCUT2D eigenvalue weighted by Crippen LogP contribution is 2.21. The Kier molecular flexibility index (Phi) is 6.82. The molecule has 1 atom stereocenters. The molecule has 2 aromatic carbocycles. The fraction of sp³-hybridized carbons (Fsp3) is 0.250. The van der Waals surface area contributed by atoms with Gasteiger partial charge in [-0.05, 0) is 61.0 Å². The summed E-state index contributed by atoms with van der Waals surface area (Å²) in [6.45, 7) is 8.41. The summed E-state index contributed by atoms with van der Waals surface area (Å²) in [5.74, 6) is 0.811. The predicted octanol–water partition coefficient (Wildman–Crippen LogP) is 5.00. The van der Waals surface area contributed by atoms with Crippen molar-refractivity contribution in [3.05, 3.63) is 72.3 Å². The summed E-state index contributed by atoms with van der Waals surface area (Å²) in [6.07, 6.45) is 2.68. The van der Waals surface area contributed by atoms with Gasteiger partial charge in [0.15, 0.2) is 5.11 Å². The van der Waals surface area contributed by atoms with E-state index in [-0.39, 0.29) is 6.04 Å². The number of nitrogens with one attached hydrogen (secondary N) is 2. The number of thiocarbonyl (C=S) groups is 1. The predicted molar refractivity (Wildman–Crippen MR) is 106 cm³/mol. The SMILES string of the molecule is C=CCOc1ccc(NC(=S)N[C@H](CC)c2ccccc2C)cc1. The first-order valence-electron chi connectivity index (χ1n) is 8.10. The van der Waals surface area contributed by atoms with E-state index in [1.54, 1.807) is 6.08 Å². The molecular weight excluding hydrogens is 316 g/mol. The standard InChI is InChI=1S/C20H24N2OS/c1-4-14-23-17-12-10-16(11-13-17)21-20(24)22-19(5-2)18-9-7-6-8-15(18)3/h4,6-13,19H,1,5,14H2,2-3H3,(H2,21,22,24)/t19-/m1/s1. The third kappa shape index (κ3) is 5.10. The Morgan fingerprint density at radius 2 is 1.92 bits per heavy atom. The van der Waals surface area contributed by atoms with Crippen LogP contribution < -0.4 is 15.4 Å². The van der Waals surface area contributed by atoms with Gasteiger partial charge in [0.25, 0.3) is 0 Å². The van der Waals surface area contributed by atoms with Crippen LogP contribution in [0.25, 0.3) is 0 Å². The zero-order chi connectivity index (χ0) is 17.4. The maximum atomic E-state index is 5.47. The van der Waals surface area contributed by atoms with Crippen molar-refractivity contribution in [2.24, 2.45) is 0 Å². The van der Waals surface area contributed by atoms with Gasteiger partial charge in [-0.25, -0.2) is 0 Å². The molecule has 4 heteroatoms. The summed E-state index contributed by atoms with van der Waals surface area (Å²) in [7, 11) is 0. The molecule has 0 unspecified atom stereocenters. The van der Waals surface area contributed by atoms with Crippen molar-refractivity contribution in [2.45, 2.75) is 26.3 Å². The average Bonchev–Trinajstić information content (AvgIpc) is 2.60. The Hall–Kier alpha value is -2.33. The van der Waals surface area contributed by atoms with E-state index in [1.165, 1.54) is 11.1 Å². The zero-order valence-corrected chi connectivity index (χ0v) is 15.0. The molecule has 0 aliphatic rings. The largest absolute Gasteiger partial charge is 0.490 e. The molecule has 2 rings (SSSR count). The quantitative estimate of drug-likeness (QED) is 0.549. The molecule has 0 radical (unpaired) electrons. The second kappa shape index (κ2) is 9.08. The van der Waals surface area contributed by atoms with Gasteiger partial charge in [-0.3, -0.25) is 0 Å². The molecular formula is C20H24N2OS. The Bertz CT molecular complexity index is 682. The monoisotopic (exact) mass is 340 g/mol. The van der Waals surface area contributed by atoms with E-state index in [0.29, 0.717) is 11.7 Å². The number of hydrogen-bond acceptors (Lipinski definition) is 2. The first-order valence-corrected chi connectivity index (χ1v) is 8.51. The minimum absolute atomic E-state index is 0.196. The normalized spacial score (nSPS) is 11.4. The molecule has 0 aliphatic heterocycles. The summed E-state index contributed by atoms with van der Waals surface area (Å²) in [6, 6.07) is 16.3. The van der Waals surface area contributed by atoms with E-state index in [1.807, 2.05) is 24.3 Å². The van der Waals surface area contributed by atoms with Crippen molar-refractivity contribution in [2.75, 3.05) is 11.9 Å². The number of hydrogen-bond donors (Lipinski definition) is 2. The molecule has 2 aromatic rings. The molecule has 3 nitrogen and oxygen atoms in total. The number of aryl methyl sites for hydroxylation is 1. The lowest BCUT2D eigenvalue weighted by atomic mass is 10.00. The van der Waals surface area contributed by atoms with Gasteiger partial charge in [-0.1, -0.05) is 43.8 Å². The number of benzene rings is 2. The Morgan fingerprint density at radius 3 is 2.54 bits per heavy atom. The Balaban J connectivity index is 1.96. The van der Waals surface area contributed by atoms with Gasteiger partial charge in [0.1, 0.15) is 12.4 Å². The number of rotatable bonds is 7. The van der Waals surface area contributed by atoms with E-state index in [0.717, 1.165) is 17.9 Å². The molecule has 0 saturated heterocycles. The molecule has 0 amide bonds. The van der Waals surface area contributed by atoms with Crippen molar-refractivity contribution in [1.29, 1.82) is 0 Å². The van der Waals surface area contributed by atoms with Gasteiger partial charge in [0, 0.05) is 5.69 Å². The van der Waals surface area contributed by atoms with Crippen molar-refractivity contribution in [3.63, 3.8) is 0 Å². The minimum Gasteiger partial charge on any atom is -0.490 e. The van der Waals surface area contributed by atoms with Crippen LogP contribution in [0.5, 0.6) is 5.75 Å². The second-order valence-corrected chi connectivity index (χ2v) is 5.95. The van der Waals surface area contributed by atoms with Crippen LogP contribution in [-0.4, -0.2) is 11.7 Å². The van der Waals surface area contributed by atoms with Crippen LogP contribution in [0.4, 0.5) is 5.69 Å². The van der Waals surface area contributed by atoms with Crippen molar-refractivity contribution in [3.8, 4) is 5.75 Å². The van der Waals surface area contributed by atoms with E-state index >= 15 is 0 Å². The third-order valence-electron chi connectivity index (χ3n) is 3.76.